The highest BCUT2D eigenvalue weighted by Gasteiger charge is 2.50. The Balaban J connectivity index is 1.94. The predicted molar refractivity (Wildman–Crippen MR) is 81.6 cm³/mol. The maximum atomic E-state index is 12.5. The average Bonchev–Trinajstić information content (AvgIpc) is 2.48. The van der Waals surface area contributed by atoms with Crippen LogP contribution in [0.1, 0.15) is 56.9 Å². The second-order valence-corrected chi connectivity index (χ2v) is 6.65. The first-order valence-electron chi connectivity index (χ1n) is 8.03. The van der Waals surface area contributed by atoms with Gasteiger partial charge in [-0.15, -0.1) is 0 Å². The summed E-state index contributed by atoms with van der Waals surface area (Å²) in [6, 6.07) is 9.96. The third-order valence-electron chi connectivity index (χ3n) is 5.46. The van der Waals surface area contributed by atoms with Gasteiger partial charge in [0.15, 0.2) is 0 Å². The molecule has 1 saturated carbocycles. The van der Waals surface area contributed by atoms with Crippen LogP contribution >= 0.6 is 0 Å². The van der Waals surface area contributed by atoms with Crippen LogP contribution in [0.2, 0.25) is 0 Å². The van der Waals surface area contributed by atoms with Gasteiger partial charge >= 0.3 is 0 Å². The van der Waals surface area contributed by atoms with E-state index in [1.165, 1.54) is 6.42 Å². The van der Waals surface area contributed by atoms with Gasteiger partial charge in [0.05, 0.1) is 5.92 Å². The van der Waals surface area contributed by atoms with E-state index in [9.17, 15) is 9.59 Å². The van der Waals surface area contributed by atoms with Crippen molar-refractivity contribution in [2.75, 3.05) is 0 Å². The molecular weight excluding hydrogens is 262 g/mol. The molecule has 1 aromatic carbocycles. The van der Waals surface area contributed by atoms with Crippen LogP contribution in [0.4, 0.5) is 0 Å². The first-order valence-corrected chi connectivity index (χ1v) is 8.03. The maximum absolute atomic E-state index is 12.5. The number of carbonyl (C=O) groups is 2. The smallest absolute Gasteiger partial charge is 0.234 e. The van der Waals surface area contributed by atoms with Crippen LogP contribution in [0.5, 0.6) is 0 Å². The summed E-state index contributed by atoms with van der Waals surface area (Å²) in [5, 5.41) is 2.55. The van der Waals surface area contributed by atoms with E-state index < -0.39 is 0 Å². The number of nitrogens with one attached hydrogen (secondary N) is 1. The van der Waals surface area contributed by atoms with Crippen molar-refractivity contribution in [3.05, 3.63) is 35.9 Å². The molecule has 2 amide bonds. The summed E-state index contributed by atoms with van der Waals surface area (Å²) in [4.78, 5) is 24.4. The third kappa shape index (κ3) is 2.61. The standard InChI is InChI=1S/C18H23NO2/c1-2-13-8-10-18(11-9-13)12-15(20)19-17(21)16(18)14-6-4-3-5-7-14/h3-7,13,16H,2,8-12H2,1H3,(H,19,20,21). The summed E-state index contributed by atoms with van der Waals surface area (Å²) >= 11 is 0. The molecule has 1 atom stereocenters. The van der Waals surface area contributed by atoms with Gasteiger partial charge in [-0.05, 0) is 42.6 Å². The minimum absolute atomic E-state index is 0.0953. The van der Waals surface area contributed by atoms with E-state index in [0.717, 1.165) is 37.2 Å². The molecule has 0 bridgehead atoms. The molecule has 1 N–H and O–H groups in total. The van der Waals surface area contributed by atoms with E-state index in [-0.39, 0.29) is 23.1 Å². The molecule has 21 heavy (non-hydrogen) atoms. The number of rotatable bonds is 2. The molecule has 0 radical (unpaired) electrons. The van der Waals surface area contributed by atoms with Gasteiger partial charge in [0.25, 0.3) is 0 Å². The zero-order chi connectivity index (χ0) is 14.9. The molecule has 0 aromatic heterocycles. The number of piperidine rings is 1. The van der Waals surface area contributed by atoms with Crippen LogP contribution in [-0.4, -0.2) is 11.8 Å². The second-order valence-electron chi connectivity index (χ2n) is 6.65. The van der Waals surface area contributed by atoms with E-state index in [1.54, 1.807) is 0 Å². The number of hydrogen-bond acceptors (Lipinski definition) is 2. The topological polar surface area (TPSA) is 46.2 Å². The first-order chi connectivity index (χ1) is 10.1. The van der Waals surface area contributed by atoms with E-state index in [4.69, 9.17) is 0 Å². The zero-order valence-electron chi connectivity index (χ0n) is 12.6. The first kappa shape index (κ1) is 14.3. The number of carbonyl (C=O) groups excluding carboxylic acids is 2. The summed E-state index contributed by atoms with van der Waals surface area (Å²) in [6.07, 6.45) is 5.95. The molecule has 1 heterocycles. The molecule has 3 heteroatoms. The highest BCUT2D eigenvalue weighted by molar-refractivity contribution is 6.02. The molecule has 1 unspecified atom stereocenters. The molecule has 3 rings (SSSR count). The largest absolute Gasteiger partial charge is 0.296 e. The van der Waals surface area contributed by atoms with E-state index in [0.29, 0.717) is 6.42 Å². The maximum Gasteiger partial charge on any atom is 0.234 e. The number of amides is 2. The minimum atomic E-state index is -0.172. The Bertz CT molecular complexity index is 529. The fourth-order valence-electron chi connectivity index (χ4n) is 4.23. The number of hydrogen-bond donors (Lipinski definition) is 1. The Labute approximate surface area is 126 Å². The van der Waals surface area contributed by atoms with Crippen LogP contribution in [0.3, 0.4) is 0 Å². The van der Waals surface area contributed by atoms with Crippen molar-refractivity contribution in [1.82, 2.24) is 5.32 Å². The Kier molecular flexibility index (Phi) is 3.83. The molecule has 1 aromatic rings. The van der Waals surface area contributed by atoms with Crippen LogP contribution in [0.15, 0.2) is 30.3 Å². The van der Waals surface area contributed by atoms with Crippen molar-refractivity contribution < 1.29 is 9.59 Å². The van der Waals surface area contributed by atoms with Crippen molar-refractivity contribution in [3.8, 4) is 0 Å². The number of imide groups is 1. The summed E-state index contributed by atoms with van der Waals surface area (Å²) in [5.74, 6) is 0.385. The summed E-state index contributed by atoms with van der Waals surface area (Å²) < 4.78 is 0. The van der Waals surface area contributed by atoms with Crippen molar-refractivity contribution in [3.63, 3.8) is 0 Å². The molecule has 1 saturated heterocycles. The summed E-state index contributed by atoms with van der Waals surface area (Å²) in [6.45, 7) is 2.23. The van der Waals surface area contributed by atoms with Gasteiger partial charge in [-0.25, -0.2) is 0 Å². The van der Waals surface area contributed by atoms with Gasteiger partial charge in [0.1, 0.15) is 0 Å². The van der Waals surface area contributed by atoms with Gasteiger partial charge in [-0.2, -0.15) is 0 Å². The Morgan fingerprint density at radius 1 is 1.14 bits per heavy atom. The molecular formula is C18H23NO2. The van der Waals surface area contributed by atoms with Gasteiger partial charge in [0.2, 0.25) is 11.8 Å². The molecule has 2 aliphatic rings. The fourth-order valence-corrected chi connectivity index (χ4v) is 4.23. The average molecular weight is 285 g/mol. The molecule has 112 valence electrons. The fraction of sp³-hybridized carbons (Fsp3) is 0.556. The van der Waals surface area contributed by atoms with Crippen molar-refractivity contribution in [1.29, 1.82) is 0 Å². The van der Waals surface area contributed by atoms with Gasteiger partial charge in [0, 0.05) is 6.42 Å². The summed E-state index contributed by atoms with van der Waals surface area (Å²) in [5.41, 5.74) is 0.893. The normalized spacial score (nSPS) is 33.0. The van der Waals surface area contributed by atoms with Crippen LogP contribution in [0.25, 0.3) is 0 Å². The SMILES string of the molecule is CCC1CCC2(CC1)CC(=O)NC(=O)C2c1ccccc1. The van der Waals surface area contributed by atoms with Crippen LogP contribution in [-0.2, 0) is 9.59 Å². The Hall–Kier alpha value is -1.64. The Morgan fingerprint density at radius 3 is 2.43 bits per heavy atom. The lowest BCUT2D eigenvalue weighted by molar-refractivity contribution is -0.141. The second kappa shape index (κ2) is 5.63. The molecule has 1 aliphatic heterocycles. The summed E-state index contributed by atoms with van der Waals surface area (Å²) in [7, 11) is 0. The van der Waals surface area contributed by atoms with Crippen molar-refractivity contribution in [2.24, 2.45) is 11.3 Å². The van der Waals surface area contributed by atoms with Crippen LogP contribution in [0, 0.1) is 11.3 Å². The van der Waals surface area contributed by atoms with Gasteiger partial charge in [-0.1, -0.05) is 43.7 Å². The highest BCUT2D eigenvalue weighted by Crippen LogP contribution is 2.53. The zero-order valence-corrected chi connectivity index (χ0v) is 12.6. The minimum Gasteiger partial charge on any atom is -0.296 e. The van der Waals surface area contributed by atoms with E-state index in [1.807, 2.05) is 30.3 Å². The number of benzene rings is 1. The molecule has 3 nitrogen and oxygen atoms in total. The molecule has 1 spiro atoms. The van der Waals surface area contributed by atoms with Gasteiger partial charge in [-0.3, -0.25) is 14.9 Å². The van der Waals surface area contributed by atoms with Gasteiger partial charge < -0.3 is 0 Å². The van der Waals surface area contributed by atoms with Crippen LogP contribution < -0.4 is 5.32 Å². The van der Waals surface area contributed by atoms with E-state index >= 15 is 0 Å². The quantitative estimate of drug-likeness (QED) is 0.846. The highest BCUT2D eigenvalue weighted by atomic mass is 16.2. The lowest BCUT2D eigenvalue weighted by Gasteiger charge is -2.47. The van der Waals surface area contributed by atoms with Crippen molar-refractivity contribution >= 4 is 11.8 Å². The third-order valence-corrected chi connectivity index (χ3v) is 5.46. The Morgan fingerprint density at radius 2 is 1.81 bits per heavy atom. The lowest BCUT2D eigenvalue weighted by Crippen LogP contribution is -2.52. The molecule has 1 aliphatic carbocycles. The predicted octanol–water partition coefficient (Wildman–Crippen LogP) is 3.40. The molecule has 2 fully saturated rings. The van der Waals surface area contributed by atoms with Crippen molar-refractivity contribution in [2.45, 2.75) is 51.4 Å². The van der Waals surface area contributed by atoms with E-state index in [2.05, 4.69) is 12.2 Å². The monoisotopic (exact) mass is 285 g/mol. The lowest BCUT2D eigenvalue weighted by atomic mass is 9.58.